The van der Waals surface area contributed by atoms with Crippen molar-refractivity contribution in [1.29, 1.82) is 0 Å². The summed E-state index contributed by atoms with van der Waals surface area (Å²) in [6.07, 6.45) is 2.12. The summed E-state index contributed by atoms with van der Waals surface area (Å²) >= 11 is 0. The van der Waals surface area contributed by atoms with Crippen molar-refractivity contribution in [1.82, 2.24) is 0 Å². The largest absolute Gasteiger partial charge is 0.440 e. The molecule has 2 unspecified atom stereocenters. The third-order valence-electron chi connectivity index (χ3n) is 7.90. The van der Waals surface area contributed by atoms with E-state index in [0.29, 0.717) is 5.92 Å². The van der Waals surface area contributed by atoms with E-state index in [0.717, 1.165) is 46.1 Å². The quantitative estimate of drug-likeness (QED) is 0.198. The van der Waals surface area contributed by atoms with Gasteiger partial charge in [-0.3, -0.25) is 0 Å². The first-order chi connectivity index (χ1) is 22.0. The Labute approximate surface area is 298 Å². The van der Waals surface area contributed by atoms with E-state index in [2.05, 4.69) is 166 Å². The molecule has 3 rings (SSSR count). The Bertz CT molecular complexity index is 1470. The Balaban J connectivity index is 0.00000257. The summed E-state index contributed by atoms with van der Waals surface area (Å²) in [5, 5.41) is 0. The van der Waals surface area contributed by atoms with Crippen molar-refractivity contribution in [2.45, 2.75) is 152 Å². The molecule has 0 amide bonds. The van der Waals surface area contributed by atoms with Gasteiger partial charge in [-0.15, -0.1) is 0 Å². The number of hydrogen-bond donors (Lipinski definition) is 0. The van der Waals surface area contributed by atoms with E-state index >= 15 is 0 Å². The highest BCUT2D eigenvalue weighted by molar-refractivity contribution is 7.27. The normalized spacial score (nSPS) is 12.9. The molecule has 6 heteroatoms. The van der Waals surface area contributed by atoms with Gasteiger partial charge in [0.15, 0.2) is 0 Å². The zero-order valence-corrected chi connectivity index (χ0v) is 35.2. The van der Waals surface area contributed by atoms with Crippen LogP contribution in [-0.2, 0) is 28.1 Å². The monoisotopic (exact) mass is 696 g/mol. The molecule has 48 heavy (non-hydrogen) atoms. The maximum Gasteiger partial charge on any atom is 0.275 e. The topological polar surface area (TPSA) is 36.9 Å². The van der Waals surface area contributed by atoms with E-state index < -0.39 is 0 Å². The van der Waals surface area contributed by atoms with Crippen LogP contribution in [-0.4, -0.2) is 0 Å². The van der Waals surface area contributed by atoms with E-state index in [-0.39, 0.29) is 39.7 Å². The lowest BCUT2D eigenvalue weighted by Crippen LogP contribution is -2.17. The fraction of sp³-hybridized carbons (Fsp3) is 0.571. The first-order valence-corrected chi connectivity index (χ1v) is 19.2. The first-order valence-electron chi connectivity index (χ1n) is 17.6. The third kappa shape index (κ3) is 12.6. The van der Waals surface area contributed by atoms with E-state index in [4.69, 9.17) is 18.1 Å². The first kappa shape index (κ1) is 41.9. The van der Waals surface area contributed by atoms with Gasteiger partial charge < -0.3 is 18.1 Å². The minimum atomic E-state index is -0.178. The maximum atomic E-state index is 6.46. The molecule has 0 saturated heterocycles. The SMILES string of the molecule is CCC.Cc1cc(C(C)(C)C)ccc1OPOc1cc(C(C)(C)C)c(OPOc2ccc(C(C)(C)C)cc2C(C)(C)C)cc1CC(C)C. The molecule has 0 spiro atoms. The predicted octanol–water partition coefficient (Wildman–Crippen LogP) is 13.7. The van der Waals surface area contributed by atoms with Crippen molar-refractivity contribution in [2.24, 2.45) is 5.92 Å². The molecule has 4 nitrogen and oxygen atoms in total. The lowest BCUT2D eigenvalue weighted by molar-refractivity contribution is 0.470. The minimum absolute atomic E-state index is 0.0584. The van der Waals surface area contributed by atoms with Crippen LogP contribution in [0.25, 0.3) is 0 Å². The molecule has 0 radical (unpaired) electrons. The summed E-state index contributed by atoms with van der Waals surface area (Å²) in [7, 11) is -0.336. The Kier molecular flexibility index (Phi) is 14.9. The van der Waals surface area contributed by atoms with Gasteiger partial charge in [0.1, 0.15) is 23.0 Å². The van der Waals surface area contributed by atoms with Crippen molar-refractivity contribution in [2.75, 3.05) is 0 Å². The Morgan fingerprint density at radius 2 is 0.938 bits per heavy atom. The summed E-state index contributed by atoms with van der Waals surface area (Å²) < 4.78 is 25.4. The van der Waals surface area contributed by atoms with Crippen molar-refractivity contribution in [3.8, 4) is 23.0 Å². The fourth-order valence-corrected chi connectivity index (χ4v) is 6.30. The van der Waals surface area contributed by atoms with Gasteiger partial charge in [0.2, 0.25) is 0 Å². The van der Waals surface area contributed by atoms with Gasteiger partial charge in [-0.1, -0.05) is 141 Å². The second-order valence-electron chi connectivity index (χ2n) is 17.5. The van der Waals surface area contributed by atoms with Gasteiger partial charge in [-0.2, -0.15) is 0 Å². The van der Waals surface area contributed by atoms with Crippen molar-refractivity contribution in [3.63, 3.8) is 0 Å². The lowest BCUT2D eigenvalue weighted by atomic mass is 9.80. The van der Waals surface area contributed by atoms with Gasteiger partial charge in [0.25, 0.3) is 18.1 Å². The van der Waals surface area contributed by atoms with Crippen LogP contribution in [0.15, 0.2) is 48.5 Å². The van der Waals surface area contributed by atoms with E-state index in [1.807, 2.05) is 0 Å². The van der Waals surface area contributed by atoms with Crippen LogP contribution in [0.3, 0.4) is 0 Å². The van der Waals surface area contributed by atoms with E-state index in [1.54, 1.807) is 0 Å². The van der Waals surface area contributed by atoms with Crippen LogP contribution in [0.5, 0.6) is 23.0 Å². The molecule has 3 aromatic rings. The summed E-state index contributed by atoms with van der Waals surface area (Å²) in [6.45, 7) is 37.5. The number of benzene rings is 3. The van der Waals surface area contributed by atoms with Gasteiger partial charge in [-0.05, 0) is 87.4 Å². The molecule has 268 valence electrons. The summed E-state index contributed by atoms with van der Waals surface area (Å²) in [5.74, 6) is 3.86. The highest BCUT2D eigenvalue weighted by Crippen LogP contribution is 2.43. The van der Waals surface area contributed by atoms with Crippen molar-refractivity contribution >= 4 is 18.1 Å². The number of rotatable bonds is 10. The molecule has 0 heterocycles. The van der Waals surface area contributed by atoms with Crippen LogP contribution in [0, 0.1) is 12.8 Å². The van der Waals surface area contributed by atoms with Crippen molar-refractivity contribution in [3.05, 3.63) is 81.9 Å². The molecule has 0 N–H and O–H groups in total. The summed E-state index contributed by atoms with van der Waals surface area (Å²) in [5.41, 5.74) is 7.03. The van der Waals surface area contributed by atoms with Crippen molar-refractivity contribution < 1.29 is 18.1 Å². The fourth-order valence-electron chi connectivity index (χ4n) is 5.09. The number of aryl methyl sites for hydroxylation is 1. The minimum Gasteiger partial charge on any atom is -0.440 e. The molecule has 0 bridgehead atoms. The molecule has 0 aliphatic heterocycles. The molecule has 0 saturated carbocycles. The molecule has 0 aliphatic rings. The van der Waals surface area contributed by atoms with Gasteiger partial charge in [0, 0.05) is 11.1 Å². The van der Waals surface area contributed by atoms with Crippen LogP contribution < -0.4 is 18.1 Å². The van der Waals surface area contributed by atoms with Gasteiger partial charge in [-0.25, -0.2) is 0 Å². The van der Waals surface area contributed by atoms with E-state index in [1.165, 1.54) is 23.1 Å². The molecule has 2 atom stereocenters. The Morgan fingerprint density at radius 1 is 0.521 bits per heavy atom. The standard InChI is InChI=1S/C39H58O4P2.C3H8/c1-25(2)20-27-22-35(43-45-41-33-19-17-29(37(7,8)9)23-30(33)38(10,11)12)31(39(13,14)15)24-34(27)42-44-40-32-18-16-28(21-26(32)3)36(4,5)6;1-3-2/h16-19,21-25,44-45H,20H2,1-15H3;3H2,1-2H3. The van der Waals surface area contributed by atoms with Crippen LogP contribution in [0.4, 0.5) is 0 Å². The average molecular weight is 697 g/mol. The zero-order valence-electron chi connectivity index (χ0n) is 33.2. The summed E-state index contributed by atoms with van der Waals surface area (Å²) in [4.78, 5) is 0. The second-order valence-corrected chi connectivity index (χ2v) is 18.7. The van der Waals surface area contributed by atoms with E-state index in [9.17, 15) is 0 Å². The smallest absolute Gasteiger partial charge is 0.275 e. The van der Waals surface area contributed by atoms with Gasteiger partial charge in [0.05, 0.1) is 0 Å². The molecular weight excluding hydrogens is 630 g/mol. The highest BCUT2D eigenvalue weighted by atomic mass is 31.1. The Hall–Kier alpha value is -2.28. The molecule has 0 aliphatic carbocycles. The van der Waals surface area contributed by atoms with Crippen LogP contribution in [0.2, 0.25) is 0 Å². The lowest BCUT2D eigenvalue weighted by Gasteiger charge is -2.27. The molecule has 3 aromatic carbocycles. The average Bonchev–Trinajstić information content (AvgIpc) is 2.92. The summed E-state index contributed by atoms with van der Waals surface area (Å²) in [6, 6.07) is 17.3. The Morgan fingerprint density at radius 3 is 1.40 bits per heavy atom. The predicted molar refractivity (Wildman–Crippen MR) is 213 cm³/mol. The second kappa shape index (κ2) is 17.1. The van der Waals surface area contributed by atoms with Crippen LogP contribution >= 0.6 is 18.1 Å². The molecule has 0 fully saturated rings. The highest BCUT2D eigenvalue weighted by Gasteiger charge is 2.26. The molecular formula is C42H66O4P2. The zero-order chi connectivity index (χ0) is 36.7. The third-order valence-corrected chi connectivity index (χ3v) is 9.11. The molecule has 0 aromatic heterocycles. The van der Waals surface area contributed by atoms with Gasteiger partial charge >= 0.3 is 0 Å². The number of hydrogen-bond acceptors (Lipinski definition) is 4. The van der Waals surface area contributed by atoms with Crippen LogP contribution in [0.1, 0.15) is 151 Å². The maximum absolute atomic E-state index is 6.46.